The summed E-state index contributed by atoms with van der Waals surface area (Å²) in [4.78, 5) is 26.4. The van der Waals surface area contributed by atoms with E-state index in [1.54, 1.807) is 13.8 Å². The largest absolute Gasteiger partial charge is 0.300 e. The van der Waals surface area contributed by atoms with Crippen LogP contribution < -0.4 is 5.56 Å². The Morgan fingerprint density at radius 1 is 1.50 bits per heavy atom. The van der Waals surface area contributed by atoms with Crippen LogP contribution in [0, 0.1) is 13.8 Å². The molecular formula is C10H14N2O2. The summed E-state index contributed by atoms with van der Waals surface area (Å²) in [5.41, 5.74) is 0.628. The van der Waals surface area contributed by atoms with Gasteiger partial charge in [0.15, 0.2) is 0 Å². The zero-order valence-corrected chi connectivity index (χ0v) is 8.70. The molecule has 0 spiro atoms. The highest BCUT2D eigenvalue weighted by molar-refractivity contribution is 5.75. The predicted octanol–water partition coefficient (Wildman–Crippen LogP) is 0.839. The molecule has 4 nitrogen and oxygen atoms in total. The van der Waals surface area contributed by atoms with Crippen LogP contribution >= 0.6 is 0 Å². The van der Waals surface area contributed by atoms with E-state index in [1.165, 1.54) is 17.6 Å². The van der Waals surface area contributed by atoms with Gasteiger partial charge in [-0.05, 0) is 20.8 Å². The Morgan fingerprint density at radius 3 is 2.64 bits per heavy atom. The van der Waals surface area contributed by atoms with Gasteiger partial charge in [-0.1, -0.05) is 0 Å². The van der Waals surface area contributed by atoms with Crippen LogP contribution in [0.5, 0.6) is 0 Å². The van der Waals surface area contributed by atoms with Gasteiger partial charge in [-0.3, -0.25) is 14.2 Å². The molecule has 0 aliphatic rings. The van der Waals surface area contributed by atoms with Crippen molar-refractivity contribution in [2.24, 2.45) is 0 Å². The van der Waals surface area contributed by atoms with E-state index in [9.17, 15) is 9.59 Å². The summed E-state index contributed by atoms with van der Waals surface area (Å²) in [6.45, 7) is 5.49. The van der Waals surface area contributed by atoms with Gasteiger partial charge in [-0.25, -0.2) is 4.98 Å². The summed E-state index contributed by atoms with van der Waals surface area (Å²) in [6, 6.07) is 1.48. The van der Waals surface area contributed by atoms with Gasteiger partial charge in [0.2, 0.25) is 0 Å². The number of carbonyl (C=O) groups excluding carboxylic acids is 1. The maximum atomic E-state index is 11.5. The van der Waals surface area contributed by atoms with Crippen LogP contribution in [0.4, 0.5) is 0 Å². The van der Waals surface area contributed by atoms with Crippen LogP contribution in [0.2, 0.25) is 0 Å². The molecule has 0 aliphatic carbocycles. The highest BCUT2D eigenvalue weighted by Gasteiger charge is 2.03. The maximum absolute atomic E-state index is 11.5. The lowest BCUT2D eigenvalue weighted by Gasteiger charge is -2.07. The van der Waals surface area contributed by atoms with Crippen molar-refractivity contribution in [1.82, 2.24) is 9.55 Å². The summed E-state index contributed by atoms with van der Waals surface area (Å²) in [5.74, 6) is 0.744. The van der Waals surface area contributed by atoms with Crippen LogP contribution in [0.1, 0.15) is 24.9 Å². The molecule has 0 radical (unpaired) electrons. The average Bonchev–Trinajstić information content (AvgIpc) is 2.01. The van der Waals surface area contributed by atoms with Gasteiger partial charge in [-0.15, -0.1) is 0 Å². The number of aromatic nitrogens is 2. The zero-order valence-electron chi connectivity index (χ0n) is 8.70. The van der Waals surface area contributed by atoms with E-state index in [1.807, 2.05) is 0 Å². The monoisotopic (exact) mass is 194 g/mol. The lowest BCUT2D eigenvalue weighted by Crippen LogP contribution is -2.24. The van der Waals surface area contributed by atoms with E-state index in [2.05, 4.69) is 4.98 Å². The van der Waals surface area contributed by atoms with Crippen LogP contribution in [-0.4, -0.2) is 15.3 Å². The molecule has 0 N–H and O–H groups in total. The first-order valence-corrected chi connectivity index (χ1v) is 4.55. The van der Waals surface area contributed by atoms with E-state index in [-0.39, 0.29) is 11.3 Å². The molecule has 0 fully saturated rings. The number of carbonyl (C=O) groups is 1. The Labute approximate surface area is 82.6 Å². The first-order valence-electron chi connectivity index (χ1n) is 4.55. The van der Waals surface area contributed by atoms with Gasteiger partial charge in [-0.2, -0.15) is 0 Å². The third-order valence-electron chi connectivity index (χ3n) is 2.01. The van der Waals surface area contributed by atoms with Crippen molar-refractivity contribution in [2.45, 2.75) is 33.7 Å². The molecule has 0 unspecified atom stereocenters. The van der Waals surface area contributed by atoms with Gasteiger partial charge < -0.3 is 0 Å². The molecular weight excluding hydrogens is 180 g/mol. The highest BCUT2D eigenvalue weighted by Crippen LogP contribution is 1.95. The molecule has 1 rings (SSSR count). The van der Waals surface area contributed by atoms with E-state index in [4.69, 9.17) is 0 Å². The summed E-state index contributed by atoms with van der Waals surface area (Å²) in [7, 11) is 0. The molecule has 0 saturated heterocycles. The topological polar surface area (TPSA) is 52.0 Å². The molecule has 0 bridgehead atoms. The molecule has 0 aromatic carbocycles. The second-order valence-corrected chi connectivity index (χ2v) is 3.39. The maximum Gasteiger partial charge on any atom is 0.253 e. The van der Waals surface area contributed by atoms with Crippen molar-refractivity contribution >= 4 is 5.78 Å². The van der Waals surface area contributed by atoms with Crippen molar-refractivity contribution in [2.75, 3.05) is 0 Å². The van der Waals surface area contributed by atoms with Gasteiger partial charge >= 0.3 is 0 Å². The summed E-state index contributed by atoms with van der Waals surface area (Å²) in [5, 5.41) is 0. The summed E-state index contributed by atoms with van der Waals surface area (Å²) < 4.78 is 1.52. The minimum atomic E-state index is -0.0868. The molecule has 1 aromatic rings. The van der Waals surface area contributed by atoms with Crippen LogP contribution in [0.25, 0.3) is 0 Å². The second-order valence-electron chi connectivity index (χ2n) is 3.39. The molecule has 76 valence electrons. The molecule has 0 amide bonds. The van der Waals surface area contributed by atoms with Gasteiger partial charge in [0, 0.05) is 24.7 Å². The van der Waals surface area contributed by atoms with Gasteiger partial charge in [0.05, 0.1) is 0 Å². The molecule has 0 atom stereocenters. The number of rotatable bonds is 3. The summed E-state index contributed by atoms with van der Waals surface area (Å²) in [6.07, 6.45) is 0.380. The van der Waals surface area contributed by atoms with Crippen molar-refractivity contribution < 1.29 is 4.79 Å². The molecule has 14 heavy (non-hydrogen) atoms. The molecule has 0 saturated carbocycles. The minimum Gasteiger partial charge on any atom is -0.300 e. The highest BCUT2D eigenvalue weighted by atomic mass is 16.1. The normalized spacial score (nSPS) is 10.2. The fourth-order valence-electron chi connectivity index (χ4n) is 1.31. The number of aryl methyl sites for hydroxylation is 2. The Kier molecular flexibility index (Phi) is 3.17. The quantitative estimate of drug-likeness (QED) is 0.716. The lowest BCUT2D eigenvalue weighted by atomic mass is 10.3. The number of hydrogen-bond acceptors (Lipinski definition) is 3. The Bertz CT molecular complexity index is 407. The SMILES string of the molecule is CC(=O)CCn1c(C)nc(C)cc1=O. The van der Waals surface area contributed by atoms with Gasteiger partial charge in [0.1, 0.15) is 11.6 Å². The number of nitrogens with zero attached hydrogens (tertiary/aromatic N) is 2. The smallest absolute Gasteiger partial charge is 0.253 e. The third kappa shape index (κ3) is 2.52. The van der Waals surface area contributed by atoms with Crippen LogP contribution in [0.3, 0.4) is 0 Å². The van der Waals surface area contributed by atoms with Crippen molar-refractivity contribution in [3.63, 3.8) is 0 Å². The number of hydrogen-bond donors (Lipinski definition) is 0. The standard InChI is InChI=1S/C10H14N2O2/c1-7-6-10(14)12(9(3)11-7)5-4-8(2)13/h6H,4-5H2,1-3H3. The number of Topliss-reactive ketones (excluding diaryl/α,β-unsaturated/α-hetero) is 1. The van der Waals surface area contributed by atoms with Crippen molar-refractivity contribution in [3.05, 3.63) is 27.9 Å². The van der Waals surface area contributed by atoms with Crippen molar-refractivity contribution in [3.8, 4) is 0 Å². The molecule has 1 heterocycles. The second kappa shape index (κ2) is 4.17. The van der Waals surface area contributed by atoms with E-state index >= 15 is 0 Å². The third-order valence-corrected chi connectivity index (χ3v) is 2.01. The first-order chi connectivity index (χ1) is 6.50. The minimum absolute atomic E-state index is 0.0804. The summed E-state index contributed by atoms with van der Waals surface area (Å²) >= 11 is 0. The fourth-order valence-corrected chi connectivity index (χ4v) is 1.31. The lowest BCUT2D eigenvalue weighted by molar-refractivity contribution is -0.117. The fraction of sp³-hybridized carbons (Fsp3) is 0.500. The Morgan fingerprint density at radius 2 is 2.14 bits per heavy atom. The zero-order chi connectivity index (χ0) is 10.7. The Hall–Kier alpha value is -1.45. The molecule has 1 aromatic heterocycles. The Balaban J connectivity index is 2.97. The molecule has 4 heteroatoms. The van der Waals surface area contributed by atoms with Crippen LogP contribution in [-0.2, 0) is 11.3 Å². The van der Waals surface area contributed by atoms with Crippen molar-refractivity contribution in [1.29, 1.82) is 0 Å². The predicted molar refractivity (Wildman–Crippen MR) is 53.3 cm³/mol. The van der Waals surface area contributed by atoms with Crippen LogP contribution in [0.15, 0.2) is 10.9 Å². The van der Waals surface area contributed by atoms with E-state index in [0.29, 0.717) is 24.5 Å². The van der Waals surface area contributed by atoms with E-state index < -0.39 is 0 Å². The van der Waals surface area contributed by atoms with Gasteiger partial charge in [0.25, 0.3) is 5.56 Å². The average molecular weight is 194 g/mol. The van der Waals surface area contributed by atoms with E-state index in [0.717, 1.165) is 0 Å². The molecule has 0 aliphatic heterocycles. The number of ketones is 1. The first kappa shape index (κ1) is 10.6.